The van der Waals surface area contributed by atoms with Gasteiger partial charge in [-0.15, -0.1) is 10.2 Å². The van der Waals surface area contributed by atoms with E-state index < -0.39 is 0 Å². The number of ether oxygens (including phenoxy) is 2. The van der Waals surface area contributed by atoms with E-state index in [9.17, 15) is 4.79 Å². The van der Waals surface area contributed by atoms with Crippen LogP contribution in [0, 0.1) is 0 Å². The van der Waals surface area contributed by atoms with E-state index in [1.54, 1.807) is 12.1 Å². The van der Waals surface area contributed by atoms with Gasteiger partial charge in [-0.2, -0.15) is 0 Å². The fraction of sp³-hybridized carbons (Fsp3) is 0.500. The summed E-state index contributed by atoms with van der Waals surface area (Å²) in [6.07, 6.45) is 2.63. The molecule has 2 aromatic rings. The third-order valence-corrected chi connectivity index (χ3v) is 3.66. The number of esters is 1. The predicted molar refractivity (Wildman–Crippen MR) is 75.3 cm³/mol. The molecule has 0 amide bonds. The van der Waals surface area contributed by atoms with Crippen LogP contribution in [0.5, 0.6) is 0 Å². The number of fused-ring (bicyclic) bond motifs is 1. The van der Waals surface area contributed by atoms with Gasteiger partial charge in [0.1, 0.15) is 5.82 Å². The van der Waals surface area contributed by atoms with Crippen LogP contribution in [0.25, 0.3) is 5.65 Å². The van der Waals surface area contributed by atoms with Crippen molar-refractivity contribution in [1.29, 1.82) is 0 Å². The molecule has 112 valence electrons. The Balaban J connectivity index is 1.72. The highest BCUT2D eigenvalue weighted by Crippen LogP contribution is 2.10. The normalized spacial score (nSPS) is 16.2. The minimum absolute atomic E-state index is 0.365. The molecule has 0 saturated carbocycles. The summed E-state index contributed by atoms with van der Waals surface area (Å²) in [6.45, 7) is 4.45. The molecule has 1 fully saturated rings. The van der Waals surface area contributed by atoms with Crippen molar-refractivity contribution >= 4 is 11.6 Å². The Kier molecular flexibility index (Phi) is 4.12. The van der Waals surface area contributed by atoms with E-state index in [4.69, 9.17) is 9.47 Å². The first-order valence-electron chi connectivity index (χ1n) is 7.00. The topological polar surface area (TPSA) is 69.0 Å². The van der Waals surface area contributed by atoms with Crippen LogP contribution in [0.4, 0.5) is 0 Å². The molecule has 0 radical (unpaired) electrons. The Bertz CT molecular complexity index is 634. The van der Waals surface area contributed by atoms with Crippen LogP contribution >= 0.6 is 0 Å². The number of nitrogens with zero attached hydrogens (tertiary/aromatic N) is 4. The summed E-state index contributed by atoms with van der Waals surface area (Å²) in [5, 5.41) is 8.33. The highest BCUT2D eigenvalue weighted by Gasteiger charge is 2.13. The van der Waals surface area contributed by atoms with Crippen molar-refractivity contribution in [3.8, 4) is 0 Å². The molecule has 0 bridgehead atoms. The summed E-state index contributed by atoms with van der Waals surface area (Å²) < 4.78 is 11.9. The molecular weight excluding hydrogens is 272 g/mol. The number of hydrogen-bond donors (Lipinski definition) is 0. The largest absolute Gasteiger partial charge is 0.465 e. The molecule has 0 spiro atoms. The minimum atomic E-state index is -0.365. The molecule has 3 rings (SSSR count). The van der Waals surface area contributed by atoms with E-state index in [1.165, 1.54) is 7.11 Å². The first-order valence-corrected chi connectivity index (χ1v) is 7.00. The summed E-state index contributed by atoms with van der Waals surface area (Å²) in [5.74, 6) is 0.531. The Hall–Kier alpha value is -1.99. The van der Waals surface area contributed by atoms with E-state index in [-0.39, 0.29) is 5.97 Å². The highest BCUT2D eigenvalue weighted by molar-refractivity contribution is 5.90. The van der Waals surface area contributed by atoms with Crippen molar-refractivity contribution in [3.63, 3.8) is 0 Å². The smallest absolute Gasteiger partial charge is 0.338 e. The number of carbonyl (C=O) groups is 1. The van der Waals surface area contributed by atoms with Gasteiger partial charge in [0.15, 0.2) is 5.65 Å². The first kappa shape index (κ1) is 14.0. The number of aromatic nitrogens is 3. The van der Waals surface area contributed by atoms with Crippen molar-refractivity contribution in [2.45, 2.75) is 6.42 Å². The van der Waals surface area contributed by atoms with Crippen molar-refractivity contribution in [2.75, 3.05) is 40.0 Å². The van der Waals surface area contributed by atoms with Gasteiger partial charge in [-0.05, 0) is 12.1 Å². The zero-order valence-electron chi connectivity index (χ0n) is 12.0. The van der Waals surface area contributed by atoms with Gasteiger partial charge in [-0.25, -0.2) is 4.79 Å². The van der Waals surface area contributed by atoms with Gasteiger partial charge < -0.3 is 9.47 Å². The molecule has 1 aliphatic rings. The second kappa shape index (κ2) is 6.19. The second-order valence-corrected chi connectivity index (χ2v) is 4.96. The summed E-state index contributed by atoms with van der Waals surface area (Å²) in [5.41, 5.74) is 1.15. The van der Waals surface area contributed by atoms with Crippen LogP contribution in [0.3, 0.4) is 0 Å². The maximum Gasteiger partial charge on any atom is 0.338 e. The molecule has 1 saturated heterocycles. The van der Waals surface area contributed by atoms with Crippen molar-refractivity contribution in [1.82, 2.24) is 19.5 Å². The molecule has 2 aromatic heterocycles. The molecule has 0 N–H and O–H groups in total. The number of hydrogen-bond acceptors (Lipinski definition) is 6. The van der Waals surface area contributed by atoms with Crippen LogP contribution in [-0.2, 0) is 15.9 Å². The standard InChI is InChI=1S/C14H18N4O3/c1-20-14(19)11-2-5-18-12(15-16-13(18)10-11)3-4-17-6-8-21-9-7-17/h2,5,10H,3-4,6-9H2,1H3. The van der Waals surface area contributed by atoms with Crippen LogP contribution in [-0.4, -0.2) is 65.4 Å². The van der Waals surface area contributed by atoms with E-state index in [1.807, 2.05) is 10.6 Å². The summed E-state index contributed by atoms with van der Waals surface area (Å²) in [4.78, 5) is 13.9. The fourth-order valence-corrected chi connectivity index (χ4v) is 2.44. The molecule has 0 aromatic carbocycles. The van der Waals surface area contributed by atoms with Crippen LogP contribution < -0.4 is 0 Å². The minimum Gasteiger partial charge on any atom is -0.465 e. The number of carbonyl (C=O) groups excluding carboxylic acids is 1. The van der Waals surface area contributed by atoms with E-state index >= 15 is 0 Å². The predicted octanol–water partition coefficient (Wildman–Crippen LogP) is 0.391. The second-order valence-electron chi connectivity index (χ2n) is 4.96. The Labute approximate surface area is 122 Å². The number of pyridine rings is 1. The lowest BCUT2D eigenvalue weighted by Crippen LogP contribution is -2.37. The Morgan fingerprint density at radius 3 is 2.95 bits per heavy atom. The molecule has 0 unspecified atom stereocenters. The van der Waals surface area contributed by atoms with Crippen LogP contribution in [0.2, 0.25) is 0 Å². The summed E-state index contributed by atoms with van der Waals surface area (Å²) in [7, 11) is 1.37. The van der Waals surface area contributed by atoms with E-state index in [0.29, 0.717) is 11.2 Å². The molecule has 3 heterocycles. The fourth-order valence-electron chi connectivity index (χ4n) is 2.44. The lowest BCUT2D eigenvalue weighted by atomic mass is 10.2. The van der Waals surface area contributed by atoms with Gasteiger partial charge in [-0.1, -0.05) is 0 Å². The average Bonchev–Trinajstić information content (AvgIpc) is 2.95. The van der Waals surface area contributed by atoms with Gasteiger partial charge in [0, 0.05) is 32.3 Å². The monoisotopic (exact) mass is 290 g/mol. The van der Waals surface area contributed by atoms with Crippen molar-refractivity contribution in [2.24, 2.45) is 0 Å². The zero-order chi connectivity index (χ0) is 14.7. The van der Waals surface area contributed by atoms with Gasteiger partial charge in [0.05, 0.1) is 25.9 Å². The maximum absolute atomic E-state index is 11.5. The number of morpholine rings is 1. The highest BCUT2D eigenvalue weighted by atomic mass is 16.5. The Morgan fingerprint density at radius 1 is 1.38 bits per heavy atom. The van der Waals surface area contributed by atoms with Gasteiger partial charge >= 0.3 is 5.97 Å². The van der Waals surface area contributed by atoms with Gasteiger partial charge in [0.2, 0.25) is 0 Å². The quantitative estimate of drug-likeness (QED) is 0.759. The van der Waals surface area contributed by atoms with Crippen molar-refractivity contribution < 1.29 is 14.3 Å². The number of methoxy groups -OCH3 is 1. The van der Waals surface area contributed by atoms with E-state index in [2.05, 4.69) is 15.1 Å². The maximum atomic E-state index is 11.5. The molecule has 0 aliphatic carbocycles. The Morgan fingerprint density at radius 2 is 2.19 bits per heavy atom. The van der Waals surface area contributed by atoms with Crippen LogP contribution in [0.1, 0.15) is 16.2 Å². The third-order valence-electron chi connectivity index (χ3n) is 3.66. The molecule has 7 nitrogen and oxygen atoms in total. The lowest BCUT2D eigenvalue weighted by molar-refractivity contribution is 0.0382. The summed E-state index contributed by atoms with van der Waals surface area (Å²) in [6, 6.07) is 3.41. The van der Waals surface area contributed by atoms with Gasteiger partial charge in [-0.3, -0.25) is 9.30 Å². The lowest BCUT2D eigenvalue weighted by Gasteiger charge is -2.26. The third kappa shape index (κ3) is 3.03. The van der Waals surface area contributed by atoms with Crippen molar-refractivity contribution in [3.05, 3.63) is 29.7 Å². The average molecular weight is 290 g/mol. The zero-order valence-corrected chi connectivity index (χ0v) is 12.0. The number of rotatable bonds is 4. The molecule has 21 heavy (non-hydrogen) atoms. The molecule has 0 atom stereocenters. The summed E-state index contributed by atoms with van der Waals surface area (Å²) >= 11 is 0. The molecule has 1 aliphatic heterocycles. The SMILES string of the molecule is COC(=O)c1ccn2c(CCN3CCOCC3)nnc2c1. The first-order chi connectivity index (χ1) is 10.3. The molecular formula is C14H18N4O3. The van der Waals surface area contributed by atoms with Gasteiger partial charge in [0.25, 0.3) is 0 Å². The van der Waals surface area contributed by atoms with Crippen LogP contribution in [0.15, 0.2) is 18.3 Å². The molecule has 7 heteroatoms. The van der Waals surface area contributed by atoms with E-state index in [0.717, 1.165) is 45.1 Å².